The molecule has 0 spiro atoms. The van der Waals surface area contributed by atoms with Gasteiger partial charge in [0, 0.05) is 18.7 Å². The van der Waals surface area contributed by atoms with Crippen molar-refractivity contribution in [3.63, 3.8) is 0 Å². The first-order valence-electron chi connectivity index (χ1n) is 12.5. The Bertz CT molecular complexity index is 1460. The Morgan fingerprint density at radius 3 is 2.71 bits per heavy atom. The maximum atomic E-state index is 13.4. The highest BCUT2D eigenvalue weighted by atomic mass is 19.1. The zero-order valence-corrected chi connectivity index (χ0v) is 21.2. The molecule has 0 bridgehead atoms. The van der Waals surface area contributed by atoms with Crippen LogP contribution in [-0.2, 0) is 17.8 Å². The number of hydrogen-bond donors (Lipinski definition) is 1. The maximum Gasteiger partial charge on any atom is 0.277 e. The molecule has 1 N–H and O–H groups in total. The van der Waals surface area contributed by atoms with E-state index in [9.17, 15) is 14.0 Å². The van der Waals surface area contributed by atoms with Crippen LogP contribution in [0.4, 0.5) is 10.1 Å². The van der Waals surface area contributed by atoms with Gasteiger partial charge in [-0.2, -0.15) is 0 Å². The van der Waals surface area contributed by atoms with Gasteiger partial charge in [-0.25, -0.2) is 9.37 Å². The van der Waals surface area contributed by atoms with Crippen LogP contribution in [0, 0.1) is 12.7 Å². The molecule has 8 heteroatoms. The normalized spacial score (nSPS) is 14.6. The lowest BCUT2D eigenvalue weighted by Gasteiger charge is -2.38. The van der Waals surface area contributed by atoms with Gasteiger partial charge < -0.3 is 19.4 Å². The van der Waals surface area contributed by atoms with Gasteiger partial charge in [0.25, 0.3) is 5.91 Å². The molecule has 4 aromatic rings. The highest BCUT2D eigenvalue weighted by Gasteiger charge is 2.31. The van der Waals surface area contributed by atoms with Crippen LogP contribution < -0.4 is 10.1 Å². The number of aromatic nitrogens is 1. The van der Waals surface area contributed by atoms with E-state index in [1.807, 2.05) is 36.9 Å². The summed E-state index contributed by atoms with van der Waals surface area (Å²) in [5.41, 5.74) is 4.80. The standard InChI is InChI=1S/C30H28FN3O4/c1-3-28(35)34-14-13-20-11-12-24(16-25(20)29(34)21-9-7-19(2)8-10-21)37-18-27-33-26(17-38-27)30(36)32-23-6-4-5-22(31)15-23/h4-12,15-17,29H,3,13-14,18H2,1-2H3,(H,32,36). The number of aryl methyl sites for hydroxylation is 1. The summed E-state index contributed by atoms with van der Waals surface area (Å²) in [5, 5.41) is 2.59. The first-order valence-corrected chi connectivity index (χ1v) is 12.5. The van der Waals surface area contributed by atoms with Crippen molar-refractivity contribution in [2.24, 2.45) is 0 Å². The molecule has 1 aliphatic rings. The van der Waals surface area contributed by atoms with E-state index in [2.05, 4.69) is 34.6 Å². The summed E-state index contributed by atoms with van der Waals surface area (Å²) in [5.74, 6) is -0.0214. The first kappa shape index (κ1) is 25.2. The Balaban J connectivity index is 1.33. The lowest BCUT2D eigenvalue weighted by molar-refractivity contribution is -0.132. The summed E-state index contributed by atoms with van der Waals surface area (Å²) >= 11 is 0. The summed E-state index contributed by atoms with van der Waals surface area (Å²) in [4.78, 5) is 31.4. The fraction of sp³-hybridized carbons (Fsp3) is 0.233. The minimum atomic E-state index is -0.513. The van der Waals surface area contributed by atoms with E-state index < -0.39 is 11.7 Å². The van der Waals surface area contributed by atoms with Gasteiger partial charge in [0.05, 0.1) is 6.04 Å². The molecule has 3 aromatic carbocycles. The van der Waals surface area contributed by atoms with Gasteiger partial charge >= 0.3 is 0 Å². The number of benzene rings is 3. The van der Waals surface area contributed by atoms with Crippen molar-refractivity contribution in [2.75, 3.05) is 11.9 Å². The number of anilines is 1. The number of halogens is 1. The topological polar surface area (TPSA) is 84.7 Å². The molecule has 2 heterocycles. The quantitative estimate of drug-likeness (QED) is 0.336. The Labute approximate surface area is 220 Å². The third-order valence-corrected chi connectivity index (χ3v) is 6.59. The number of amides is 2. The summed E-state index contributed by atoms with van der Waals surface area (Å²) in [6.07, 6.45) is 2.45. The van der Waals surface area contributed by atoms with Crippen LogP contribution in [0.2, 0.25) is 0 Å². The third-order valence-electron chi connectivity index (χ3n) is 6.59. The van der Waals surface area contributed by atoms with E-state index in [1.54, 1.807) is 6.07 Å². The van der Waals surface area contributed by atoms with E-state index in [1.165, 1.54) is 30.0 Å². The molecule has 38 heavy (non-hydrogen) atoms. The van der Waals surface area contributed by atoms with Crippen molar-refractivity contribution >= 4 is 17.5 Å². The van der Waals surface area contributed by atoms with Crippen LogP contribution in [0.1, 0.15) is 58.0 Å². The van der Waals surface area contributed by atoms with E-state index in [-0.39, 0.29) is 30.1 Å². The molecule has 0 saturated carbocycles. The number of nitrogens with one attached hydrogen (secondary N) is 1. The van der Waals surface area contributed by atoms with Crippen molar-refractivity contribution in [2.45, 2.75) is 39.3 Å². The summed E-state index contributed by atoms with van der Waals surface area (Å²) in [6, 6.07) is 19.6. The van der Waals surface area contributed by atoms with Crippen LogP contribution in [0.15, 0.2) is 77.4 Å². The molecule has 1 unspecified atom stereocenters. The number of carbonyl (C=O) groups is 2. The molecule has 194 valence electrons. The number of hydrogen-bond acceptors (Lipinski definition) is 5. The summed E-state index contributed by atoms with van der Waals surface area (Å²) in [6.45, 7) is 4.60. The monoisotopic (exact) mass is 513 g/mol. The van der Waals surface area contributed by atoms with Gasteiger partial charge in [-0.3, -0.25) is 9.59 Å². The molecule has 1 aliphatic heterocycles. The summed E-state index contributed by atoms with van der Waals surface area (Å²) in [7, 11) is 0. The van der Waals surface area contributed by atoms with Crippen LogP contribution in [-0.4, -0.2) is 28.2 Å². The minimum Gasteiger partial charge on any atom is -0.484 e. The SMILES string of the molecule is CCC(=O)N1CCc2ccc(OCc3nc(C(=O)Nc4cccc(F)c4)co3)cc2C1c1ccc(C)cc1. The molecule has 1 aromatic heterocycles. The molecular formula is C30H28FN3O4. The van der Waals surface area contributed by atoms with E-state index in [0.717, 1.165) is 23.1 Å². The highest BCUT2D eigenvalue weighted by molar-refractivity contribution is 6.02. The Morgan fingerprint density at radius 2 is 1.95 bits per heavy atom. The second-order valence-electron chi connectivity index (χ2n) is 9.24. The van der Waals surface area contributed by atoms with E-state index in [4.69, 9.17) is 9.15 Å². The average Bonchev–Trinajstić information content (AvgIpc) is 3.41. The second-order valence-corrected chi connectivity index (χ2v) is 9.24. The number of fused-ring (bicyclic) bond motifs is 1. The molecule has 2 amide bonds. The number of rotatable bonds is 7. The van der Waals surface area contributed by atoms with Crippen molar-refractivity contribution in [3.8, 4) is 5.75 Å². The zero-order chi connectivity index (χ0) is 26.6. The second kappa shape index (κ2) is 10.9. The molecule has 5 rings (SSSR count). The zero-order valence-electron chi connectivity index (χ0n) is 21.2. The molecule has 7 nitrogen and oxygen atoms in total. The summed E-state index contributed by atoms with van der Waals surface area (Å²) < 4.78 is 24.8. The molecule has 0 saturated heterocycles. The van der Waals surface area contributed by atoms with Gasteiger partial charge in [-0.1, -0.05) is 48.9 Å². The predicted octanol–water partition coefficient (Wildman–Crippen LogP) is 5.84. The number of carbonyl (C=O) groups excluding carboxylic acids is 2. The Kier molecular flexibility index (Phi) is 7.22. The van der Waals surface area contributed by atoms with Crippen LogP contribution in [0.5, 0.6) is 5.75 Å². The Morgan fingerprint density at radius 1 is 1.13 bits per heavy atom. The first-order chi connectivity index (χ1) is 18.4. The van der Waals surface area contributed by atoms with Crippen LogP contribution in [0.3, 0.4) is 0 Å². The molecule has 0 radical (unpaired) electrons. The van der Waals surface area contributed by atoms with Gasteiger partial charge in [-0.15, -0.1) is 0 Å². The third kappa shape index (κ3) is 5.44. The number of oxazole rings is 1. The molecule has 1 atom stereocenters. The number of nitrogens with zero attached hydrogens (tertiary/aromatic N) is 2. The smallest absolute Gasteiger partial charge is 0.277 e. The van der Waals surface area contributed by atoms with Crippen LogP contribution >= 0.6 is 0 Å². The minimum absolute atomic E-state index is 0.0127. The van der Waals surface area contributed by atoms with Crippen molar-refractivity contribution in [1.82, 2.24) is 9.88 Å². The molecule has 0 aliphatic carbocycles. The van der Waals surface area contributed by atoms with E-state index in [0.29, 0.717) is 24.4 Å². The Hall–Kier alpha value is -4.46. The van der Waals surface area contributed by atoms with Gasteiger partial charge in [0.1, 0.15) is 17.8 Å². The molecular weight excluding hydrogens is 485 g/mol. The average molecular weight is 514 g/mol. The maximum absolute atomic E-state index is 13.4. The predicted molar refractivity (Wildman–Crippen MR) is 140 cm³/mol. The fourth-order valence-electron chi connectivity index (χ4n) is 4.65. The fourth-order valence-corrected chi connectivity index (χ4v) is 4.65. The lowest BCUT2D eigenvalue weighted by atomic mass is 9.87. The largest absolute Gasteiger partial charge is 0.484 e. The lowest BCUT2D eigenvalue weighted by Crippen LogP contribution is -2.40. The van der Waals surface area contributed by atoms with Gasteiger partial charge in [0.15, 0.2) is 12.3 Å². The number of ether oxygens (including phenoxy) is 1. The molecule has 0 fully saturated rings. The van der Waals surface area contributed by atoms with Crippen LogP contribution in [0.25, 0.3) is 0 Å². The van der Waals surface area contributed by atoms with Gasteiger partial charge in [0.2, 0.25) is 11.8 Å². The highest BCUT2D eigenvalue weighted by Crippen LogP contribution is 2.37. The van der Waals surface area contributed by atoms with E-state index >= 15 is 0 Å². The van der Waals surface area contributed by atoms with Crippen molar-refractivity contribution in [1.29, 1.82) is 0 Å². The van der Waals surface area contributed by atoms with Crippen molar-refractivity contribution in [3.05, 3.63) is 113 Å². The van der Waals surface area contributed by atoms with Gasteiger partial charge in [-0.05, 0) is 60.4 Å². The van der Waals surface area contributed by atoms with Crippen molar-refractivity contribution < 1.29 is 23.1 Å².